The van der Waals surface area contributed by atoms with E-state index in [9.17, 15) is 4.79 Å². The van der Waals surface area contributed by atoms with Crippen molar-refractivity contribution < 1.29 is 4.79 Å². The molecule has 5 nitrogen and oxygen atoms in total. The summed E-state index contributed by atoms with van der Waals surface area (Å²) in [6.07, 6.45) is 4.15. The van der Waals surface area contributed by atoms with Crippen molar-refractivity contribution in [2.75, 3.05) is 22.1 Å². The minimum Gasteiger partial charge on any atom is -0.360 e. The van der Waals surface area contributed by atoms with Gasteiger partial charge in [0.2, 0.25) is 5.91 Å². The van der Waals surface area contributed by atoms with E-state index in [1.807, 2.05) is 30.2 Å². The second-order valence-electron chi connectivity index (χ2n) is 5.35. The van der Waals surface area contributed by atoms with Crippen LogP contribution in [0.3, 0.4) is 0 Å². The van der Waals surface area contributed by atoms with Crippen LogP contribution in [0.15, 0.2) is 36.7 Å². The summed E-state index contributed by atoms with van der Waals surface area (Å²) >= 11 is 0. The molecule has 0 bridgehead atoms. The zero-order valence-electron chi connectivity index (χ0n) is 11.8. The van der Waals surface area contributed by atoms with Gasteiger partial charge in [-0.3, -0.25) is 9.78 Å². The predicted molar refractivity (Wildman–Crippen MR) is 82.4 cm³/mol. The molecule has 5 heteroatoms. The molecule has 3 heterocycles. The van der Waals surface area contributed by atoms with Gasteiger partial charge >= 0.3 is 0 Å². The van der Waals surface area contributed by atoms with Gasteiger partial charge in [0.05, 0.1) is 17.8 Å². The van der Waals surface area contributed by atoms with E-state index in [2.05, 4.69) is 27.8 Å². The number of fused-ring (bicyclic) bond motifs is 2. The Hall–Kier alpha value is -2.56. The predicted octanol–water partition coefficient (Wildman–Crippen LogP) is 2.53. The Kier molecular flexibility index (Phi) is 2.60. The fourth-order valence-corrected chi connectivity index (χ4v) is 3.06. The van der Waals surface area contributed by atoms with Gasteiger partial charge in [0.25, 0.3) is 0 Å². The largest absolute Gasteiger partial charge is 0.360 e. The molecule has 4 rings (SSSR count). The summed E-state index contributed by atoms with van der Waals surface area (Å²) in [4.78, 5) is 18.0. The molecular weight excluding hydrogens is 264 g/mol. The minimum absolute atomic E-state index is 0.0296. The molecule has 1 unspecified atom stereocenters. The van der Waals surface area contributed by atoms with Gasteiger partial charge in [-0.2, -0.15) is 0 Å². The number of amides is 1. The van der Waals surface area contributed by atoms with Crippen molar-refractivity contribution in [3.05, 3.63) is 47.8 Å². The molecule has 0 spiro atoms. The number of aromatic nitrogens is 1. The van der Waals surface area contributed by atoms with Crippen molar-refractivity contribution in [2.24, 2.45) is 0 Å². The molecular formula is C16H16N4O. The van der Waals surface area contributed by atoms with Gasteiger partial charge in [-0.25, -0.2) is 0 Å². The van der Waals surface area contributed by atoms with Crippen LogP contribution in [-0.2, 0) is 11.2 Å². The summed E-state index contributed by atoms with van der Waals surface area (Å²) in [6, 6.07) is 8.13. The van der Waals surface area contributed by atoms with Crippen molar-refractivity contribution in [3.8, 4) is 0 Å². The Labute approximate surface area is 123 Å². The lowest BCUT2D eigenvalue weighted by atomic mass is 10.1. The van der Waals surface area contributed by atoms with Gasteiger partial charge in [-0.1, -0.05) is 6.07 Å². The van der Waals surface area contributed by atoms with Gasteiger partial charge in [-0.05, 0) is 30.7 Å². The van der Waals surface area contributed by atoms with Gasteiger partial charge in [-0.15, -0.1) is 0 Å². The minimum atomic E-state index is 0.0296. The third-order valence-electron chi connectivity index (χ3n) is 4.09. The quantitative estimate of drug-likeness (QED) is 0.887. The number of likely N-dealkylation sites (N-methyl/N-ethyl adjacent to an activating group) is 1. The summed E-state index contributed by atoms with van der Waals surface area (Å²) in [7, 11) is 0. The monoisotopic (exact) mass is 280 g/mol. The zero-order valence-corrected chi connectivity index (χ0v) is 11.8. The number of carbonyl (C=O) groups is 1. The maximum absolute atomic E-state index is 12.0. The maximum Gasteiger partial charge on any atom is 0.231 e. The third kappa shape index (κ3) is 1.85. The molecule has 2 aliphatic heterocycles. The molecule has 0 fully saturated rings. The molecule has 1 aromatic heterocycles. The van der Waals surface area contributed by atoms with Gasteiger partial charge < -0.3 is 15.5 Å². The van der Waals surface area contributed by atoms with Crippen molar-refractivity contribution >= 4 is 23.0 Å². The molecule has 1 amide bonds. The summed E-state index contributed by atoms with van der Waals surface area (Å²) in [5.74, 6) is 0.181. The van der Waals surface area contributed by atoms with E-state index in [0.717, 1.165) is 28.2 Å². The van der Waals surface area contributed by atoms with Crippen LogP contribution in [0.1, 0.15) is 24.2 Å². The number of carbonyl (C=O) groups excluding carboxylic acids is 1. The Morgan fingerprint density at radius 2 is 2.14 bits per heavy atom. The Bertz CT molecular complexity index is 714. The average Bonchev–Trinajstić information content (AvgIpc) is 3.04. The van der Waals surface area contributed by atoms with Gasteiger partial charge in [0.1, 0.15) is 6.17 Å². The number of nitrogens with zero attached hydrogens (tertiary/aromatic N) is 2. The normalized spacial score (nSPS) is 19.0. The smallest absolute Gasteiger partial charge is 0.231 e. The van der Waals surface area contributed by atoms with E-state index in [1.165, 1.54) is 0 Å². The van der Waals surface area contributed by atoms with Crippen LogP contribution in [0.5, 0.6) is 0 Å². The highest BCUT2D eigenvalue weighted by Gasteiger charge is 2.30. The summed E-state index contributed by atoms with van der Waals surface area (Å²) in [5.41, 5.74) is 5.31. The van der Waals surface area contributed by atoms with Crippen LogP contribution in [0.25, 0.3) is 0 Å². The van der Waals surface area contributed by atoms with Gasteiger partial charge in [0, 0.05) is 30.2 Å². The fraction of sp³-hybridized carbons (Fsp3) is 0.250. The highest BCUT2D eigenvalue weighted by Crippen LogP contribution is 2.42. The summed E-state index contributed by atoms with van der Waals surface area (Å²) in [6.45, 7) is 2.72. The molecule has 106 valence electrons. The molecule has 0 saturated heterocycles. The Morgan fingerprint density at radius 3 is 2.86 bits per heavy atom. The molecule has 1 aromatic carbocycles. The molecule has 2 N–H and O–H groups in total. The molecule has 0 radical (unpaired) electrons. The van der Waals surface area contributed by atoms with Crippen LogP contribution in [-0.4, -0.2) is 17.4 Å². The zero-order chi connectivity index (χ0) is 14.4. The summed E-state index contributed by atoms with van der Waals surface area (Å²) in [5, 5.41) is 6.90. The van der Waals surface area contributed by atoms with E-state index >= 15 is 0 Å². The maximum atomic E-state index is 12.0. The molecule has 2 aromatic rings. The standard InChI is InChI=1S/C16H16N4O/c1-2-20-14-8-13-12(6-11(14)7-15(20)21)18-16(19-13)10-4-3-5-17-9-10/h3-6,8-9,16,18-19H,2,7H2,1H3. The van der Waals surface area contributed by atoms with Gasteiger partial charge in [0.15, 0.2) is 0 Å². The van der Waals surface area contributed by atoms with Crippen LogP contribution in [0, 0.1) is 0 Å². The second kappa shape index (κ2) is 4.48. The number of benzene rings is 1. The molecule has 0 saturated carbocycles. The molecule has 21 heavy (non-hydrogen) atoms. The van der Waals surface area contributed by atoms with Crippen LogP contribution < -0.4 is 15.5 Å². The van der Waals surface area contributed by atoms with E-state index in [1.54, 1.807) is 6.20 Å². The highest BCUT2D eigenvalue weighted by atomic mass is 16.2. The van der Waals surface area contributed by atoms with Crippen molar-refractivity contribution in [2.45, 2.75) is 19.5 Å². The SMILES string of the molecule is CCN1C(=O)Cc2cc3c(cc21)NC(c1cccnc1)N3. The van der Waals surface area contributed by atoms with Crippen molar-refractivity contribution in [1.82, 2.24) is 4.98 Å². The highest BCUT2D eigenvalue weighted by molar-refractivity contribution is 6.03. The number of rotatable bonds is 2. The Morgan fingerprint density at radius 1 is 1.33 bits per heavy atom. The first-order valence-electron chi connectivity index (χ1n) is 7.16. The number of nitrogens with one attached hydrogen (secondary N) is 2. The number of pyridine rings is 1. The first-order valence-corrected chi connectivity index (χ1v) is 7.16. The molecule has 2 aliphatic rings. The van der Waals surface area contributed by atoms with E-state index < -0.39 is 0 Å². The van der Waals surface area contributed by atoms with Crippen LogP contribution in [0.4, 0.5) is 17.1 Å². The second-order valence-corrected chi connectivity index (χ2v) is 5.35. The fourth-order valence-electron chi connectivity index (χ4n) is 3.06. The summed E-state index contributed by atoms with van der Waals surface area (Å²) < 4.78 is 0. The first kappa shape index (κ1) is 12.2. The number of hydrogen-bond donors (Lipinski definition) is 2. The number of anilines is 3. The van der Waals surface area contributed by atoms with E-state index in [0.29, 0.717) is 13.0 Å². The van der Waals surface area contributed by atoms with Crippen LogP contribution in [0.2, 0.25) is 0 Å². The Balaban J connectivity index is 1.68. The molecule has 0 aliphatic carbocycles. The van der Waals surface area contributed by atoms with E-state index in [4.69, 9.17) is 0 Å². The van der Waals surface area contributed by atoms with Crippen LogP contribution >= 0.6 is 0 Å². The van der Waals surface area contributed by atoms with Crippen molar-refractivity contribution in [3.63, 3.8) is 0 Å². The average molecular weight is 280 g/mol. The van der Waals surface area contributed by atoms with Crippen molar-refractivity contribution in [1.29, 1.82) is 0 Å². The third-order valence-corrected chi connectivity index (χ3v) is 4.09. The lowest BCUT2D eigenvalue weighted by Gasteiger charge is -2.15. The lowest BCUT2D eigenvalue weighted by molar-refractivity contribution is -0.117. The molecule has 1 atom stereocenters. The van der Waals surface area contributed by atoms with E-state index in [-0.39, 0.29) is 12.1 Å². The first-order chi connectivity index (χ1) is 10.3. The number of hydrogen-bond acceptors (Lipinski definition) is 4. The topological polar surface area (TPSA) is 57.3 Å². The lowest BCUT2D eigenvalue weighted by Crippen LogP contribution is -2.25.